The van der Waals surface area contributed by atoms with Crippen LogP contribution < -0.4 is 9.46 Å². The van der Waals surface area contributed by atoms with Gasteiger partial charge < -0.3 is 9.47 Å². The maximum absolute atomic E-state index is 13.1. The second-order valence-corrected chi connectivity index (χ2v) is 9.44. The van der Waals surface area contributed by atoms with Crippen molar-refractivity contribution in [3.05, 3.63) is 126 Å². The van der Waals surface area contributed by atoms with E-state index in [9.17, 15) is 18.0 Å². The van der Waals surface area contributed by atoms with Crippen molar-refractivity contribution < 1.29 is 27.5 Å². The third-order valence-corrected chi connectivity index (χ3v) is 6.76. The summed E-state index contributed by atoms with van der Waals surface area (Å²) in [5.74, 6) is -0.749. The minimum atomic E-state index is -3.94. The Bertz CT molecular complexity index is 1450. The Morgan fingerprint density at radius 1 is 0.722 bits per heavy atom. The van der Waals surface area contributed by atoms with Crippen molar-refractivity contribution in [2.24, 2.45) is 0 Å². The van der Waals surface area contributed by atoms with Crippen LogP contribution in [0.15, 0.2) is 114 Å². The van der Waals surface area contributed by atoms with Crippen LogP contribution in [-0.4, -0.2) is 27.3 Å². The van der Waals surface area contributed by atoms with E-state index in [1.54, 1.807) is 84.9 Å². The molecule has 0 amide bonds. The number of sulfonamides is 1. The molecule has 1 unspecified atom stereocenters. The van der Waals surface area contributed by atoms with Crippen LogP contribution in [0.5, 0.6) is 5.75 Å². The molecule has 0 radical (unpaired) electrons. The second-order valence-electron chi connectivity index (χ2n) is 7.76. The van der Waals surface area contributed by atoms with E-state index in [2.05, 4.69) is 4.72 Å². The fourth-order valence-corrected chi connectivity index (χ4v) is 4.60. The zero-order valence-electron chi connectivity index (χ0n) is 19.3. The number of carbonyl (C=O) groups is 2. The number of esters is 1. The van der Waals surface area contributed by atoms with Gasteiger partial charge in [0.15, 0.2) is 6.10 Å². The maximum Gasteiger partial charge on any atom is 0.339 e. The van der Waals surface area contributed by atoms with Gasteiger partial charge in [0, 0.05) is 11.1 Å². The Hall–Kier alpha value is -4.43. The molecule has 36 heavy (non-hydrogen) atoms. The number of ketones is 1. The predicted octanol–water partition coefficient (Wildman–Crippen LogP) is 5.28. The lowest BCUT2D eigenvalue weighted by Gasteiger charge is -2.18. The lowest BCUT2D eigenvalue weighted by molar-refractivity contribution is 0.0280. The Morgan fingerprint density at radius 2 is 1.31 bits per heavy atom. The number of rotatable bonds is 9. The number of Topliss-reactive ketones (excluding diaryl/α,β-unsaturated/α-hetero) is 1. The number of para-hydroxylation sites is 2. The quantitative estimate of drug-likeness (QED) is 0.248. The summed E-state index contributed by atoms with van der Waals surface area (Å²) in [7, 11) is -2.50. The third-order valence-electron chi connectivity index (χ3n) is 5.38. The minimum absolute atomic E-state index is 0.0510. The highest BCUT2D eigenvalue weighted by Gasteiger charge is 2.27. The number of carbonyl (C=O) groups excluding carboxylic acids is 2. The van der Waals surface area contributed by atoms with E-state index in [0.29, 0.717) is 16.9 Å². The van der Waals surface area contributed by atoms with Crippen LogP contribution >= 0.6 is 0 Å². The molecule has 1 atom stereocenters. The minimum Gasteiger partial charge on any atom is -0.495 e. The van der Waals surface area contributed by atoms with Gasteiger partial charge >= 0.3 is 5.97 Å². The third kappa shape index (κ3) is 5.61. The van der Waals surface area contributed by atoms with Crippen LogP contribution in [0.3, 0.4) is 0 Å². The molecule has 4 aromatic rings. The number of hydrogen-bond acceptors (Lipinski definition) is 6. The molecule has 0 aliphatic carbocycles. The van der Waals surface area contributed by atoms with Crippen LogP contribution in [-0.2, 0) is 14.8 Å². The van der Waals surface area contributed by atoms with Gasteiger partial charge in [-0.2, -0.15) is 0 Å². The van der Waals surface area contributed by atoms with E-state index in [0.717, 1.165) is 0 Å². The predicted molar refractivity (Wildman–Crippen MR) is 136 cm³/mol. The first kappa shape index (κ1) is 24.7. The Morgan fingerprint density at radius 3 is 1.94 bits per heavy atom. The van der Waals surface area contributed by atoms with Gasteiger partial charge in [-0.05, 0) is 36.4 Å². The van der Waals surface area contributed by atoms with Crippen LogP contribution in [0.4, 0.5) is 5.69 Å². The molecule has 0 aliphatic heterocycles. The van der Waals surface area contributed by atoms with E-state index < -0.39 is 22.1 Å². The molecule has 4 rings (SSSR count). The van der Waals surface area contributed by atoms with E-state index in [4.69, 9.17) is 9.47 Å². The first-order valence-corrected chi connectivity index (χ1v) is 12.5. The Labute approximate surface area is 209 Å². The SMILES string of the molecule is COc1ccccc1NS(=O)(=O)c1ccc(C(=O)OC(C(=O)c2ccccc2)c2ccccc2)cc1. The van der Waals surface area contributed by atoms with Crippen LogP contribution in [0, 0.1) is 0 Å². The van der Waals surface area contributed by atoms with Gasteiger partial charge in [-0.3, -0.25) is 9.52 Å². The molecule has 0 bridgehead atoms. The van der Waals surface area contributed by atoms with Gasteiger partial charge in [-0.1, -0.05) is 72.8 Å². The molecule has 0 saturated carbocycles. The van der Waals surface area contributed by atoms with Crippen molar-refractivity contribution in [3.63, 3.8) is 0 Å². The maximum atomic E-state index is 13.1. The first-order valence-electron chi connectivity index (χ1n) is 11.0. The highest BCUT2D eigenvalue weighted by molar-refractivity contribution is 7.92. The molecule has 182 valence electrons. The molecule has 0 heterocycles. The van der Waals surface area contributed by atoms with Gasteiger partial charge in [0.05, 0.1) is 23.3 Å². The van der Waals surface area contributed by atoms with E-state index >= 15 is 0 Å². The van der Waals surface area contributed by atoms with E-state index in [1.165, 1.54) is 31.4 Å². The van der Waals surface area contributed by atoms with Gasteiger partial charge in [0.1, 0.15) is 5.75 Å². The fourth-order valence-electron chi connectivity index (χ4n) is 3.53. The molecule has 0 saturated heterocycles. The second kappa shape index (κ2) is 10.9. The topological polar surface area (TPSA) is 98.8 Å². The summed E-state index contributed by atoms with van der Waals surface area (Å²) >= 11 is 0. The monoisotopic (exact) mass is 501 g/mol. The van der Waals surface area contributed by atoms with E-state index in [-0.39, 0.29) is 21.9 Å². The molecule has 7 nitrogen and oxygen atoms in total. The average Bonchev–Trinajstić information content (AvgIpc) is 2.92. The molecule has 0 fully saturated rings. The number of nitrogens with one attached hydrogen (secondary N) is 1. The van der Waals surface area contributed by atoms with Gasteiger partial charge in [0.2, 0.25) is 5.78 Å². The summed E-state index contributed by atoms with van der Waals surface area (Å²) in [6.07, 6.45) is -1.16. The standard InChI is InChI=1S/C28H23NO6S/c1-34-25-15-9-8-14-24(25)29-36(32,33)23-18-16-22(17-19-23)28(31)35-27(21-12-6-3-7-13-21)26(30)20-10-4-2-5-11-20/h2-19,27,29H,1H3. The van der Waals surface area contributed by atoms with Crippen molar-refractivity contribution in [2.45, 2.75) is 11.0 Å². The summed E-state index contributed by atoms with van der Waals surface area (Å²) in [5.41, 5.74) is 1.32. The summed E-state index contributed by atoms with van der Waals surface area (Å²) in [6.45, 7) is 0. The summed E-state index contributed by atoms with van der Waals surface area (Å²) in [4.78, 5) is 26.0. The van der Waals surface area contributed by atoms with Crippen molar-refractivity contribution in [1.29, 1.82) is 0 Å². The number of methoxy groups -OCH3 is 1. The largest absolute Gasteiger partial charge is 0.495 e. The van der Waals surface area contributed by atoms with Crippen molar-refractivity contribution in [3.8, 4) is 5.75 Å². The van der Waals surface area contributed by atoms with Crippen molar-refractivity contribution >= 4 is 27.5 Å². The number of hydrogen-bond donors (Lipinski definition) is 1. The van der Waals surface area contributed by atoms with E-state index in [1.807, 2.05) is 0 Å². The highest BCUT2D eigenvalue weighted by Crippen LogP contribution is 2.27. The smallest absolute Gasteiger partial charge is 0.339 e. The van der Waals surface area contributed by atoms with Crippen LogP contribution in [0.1, 0.15) is 32.4 Å². The molecule has 0 spiro atoms. The highest BCUT2D eigenvalue weighted by atomic mass is 32.2. The van der Waals surface area contributed by atoms with Gasteiger partial charge in [0.25, 0.3) is 10.0 Å². The summed E-state index contributed by atoms with van der Waals surface area (Å²) in [6, 6.07) is 29.2. The molecular formula is C28H23NO6S. The van der Waals surface area contributed by atoms with Crippen LogP contribution in [0.2, 0.25) is 0 Å². The molecular weight excluding hydrogens is 478 g/mol. The molecule has 8 heteroatoms. The zero-order chi connectivity index (χ0) is 25.5. The molecule has 0 aliphatic rings. The number of ether oxygens (including phenoxy) is 2. The molecule has 4 aromatic carbocycles. The summed E-state index contributed by atoms with van der Waals surface area (Å²) in [5, 5.41) is 0. The van der Waals surface area contributed by atoms with Crippen LogP contribution in [0.25, 0.3) is 0 Å². The van der Waals surface area contributed by atoms with Gasteiger partial charge in [-0.25, -0.2) is 13.2 Å². The normalized spacial score (nSPS) is 11.8. The molecule has 0 aromatic heterocycles. The van der Waals surface area contributed by atoms with Crippen molar-refractivity contribution in [2.75, 3.05) is 11.8 Å². The number of benzene rings is 4. The van der Waals surface area contributed by atoms with Gasteiger partial charge in [-0.15, -0.1) is 0 Å². The number of anilines is 1. The summed E-state index contributed by atoms with van der Waals surface area (Å²) < 4.78 is 38.9. The Kier molecular flexibility index (Phi) is 7.46. The lowest BCUT2D eigenvalue weighted by Crippen LogP contribution is -2.20. The van der Waals surface area contributed by atoms with Crippen molar-refractivity contribution in [1.82, 2.24) is 0 Å². The zero-order valence-corrected chi connectivity index (χ0v) is 20.1. The first-order chi connectivity index (χ1) is 17.4. The fraction of sp³-hybridized carbons (Fsp3) is 0.0714. The lowest BCUT2D eigenvalue weighted by atomic mass is 10.00. The molecule has 1 N–H and O–H groups in total. The Balaban J connectivity index is 1.55. The average molecular weight is 502 g/mol.